The van der Waals surface area contributed by atoms with Gasteiger partial charge >= 0.3 is 0 Å². The van der Waals surface area contributed by atoms with Gasteiger partial charge in [-0.15, -0.1) is 0 Å². The summed E-state index contributed by atoms with van der Waals surface area (Å²) in [4.78, 5) is 6.31. The molecule has 0 fully saturated rings. The largest absolute Gasteiger partial charge is 0.373 e. The Morgan fingerprint density at radius 3 is 2.52 bits per heavy atom. The van der Waals surface area contributed by atoms with Gasteiger partial charge in [0.1, 0.15) is 0 Å². The molecule has 0 aliphatic rings. The van der Waals surface area contributed by atoms with Crippen LogP contribution in [0.3, 0.4) is 0 Å². The molecule has 0 bridgehead atoms. The van der Waals surface area contributed by atoms with Gasteiger partial charge < -0.3 is 10.6 Å². The van der Waals surface area contributed by atoms with Crippen LogP contribution in [0.5, 0.6) is 0 Å². The highest BCUT2D eigenvalue weighted by molar-refractivity contribution is 9.10. The van der Waals surface area contributed by atoms with Crippen LogP contribution >= 0.6 is 15.9 Å². The van der Waals surface area contributed by atoms with E-state index in [2.05, 4.69) is 63.2 Å². The highest BCUT2D eigenvalue weighted by Crippen LogP contribution is 2.27. The fourth-order valence-electron chi connectivity index (χ4n) is 2.33. The highest BCUT2D eigenvalue weighted by Gasteiger charge is 2.08. The Hall–Kier alpha value is -1.39. The van der Waals surface area contributed by atoms with E-state index in [4.69, 9.17) is 5.73 Å². The van der Waals surface area contributed by atoms with Crippen LogP contribution in [0.25, 0.3) is 0 Å². The summed E-state index contributed by atoms with van der Waals surface area (Å²) >= 11 is 3.67. The fraction of sp³-hybridized carbons (Fsp3) is 0.353. The quantitative estimate of drug-likeness (QED) is 0.870. The number of aromatic nitrogens is 1. The topological polar surface area (TPSA) is 42.1 Å². The SMILES string of the molecule is CC(N)Cc1ccc(N(C)CCc2ccncc2)c(Br)c1. The summed E-state index contributed by atoms with van der Waals surface area (Å²) < 4.78 is 1.12. The molecule has 1 aromatic carbocycles. The minimum absolute atomic E-state index is 0.187. The first-order chi connectivity index (χ1) is 10.1. The van der Waals surface area contributed by atoms with Crippen LogP contribution in [-0.2, 0) is 12.8 Å². The van der Waals surface area contributed by atoms with E-state index in [1.54, 1.807) is 0 Å². The molecule has 0 saturated heterocycles. The molecule has 2 rings (SSSR count). The number of nitrogens with two attached hydrogens (primary N) is 1. The van der Waals surface area contributed by atoms with E-state index in [-0.39, 0.29) is 6.04 Å². The molecule has 1 aromatic heterocycles. The molecule has 4 heteroatoms. The van der Waals surface area contributed by atoms with Gasteiger partial charge in [0.2, 0.25) is 0 Å². The zero-order valence-electron chi connectivity index (χ0n) is 12.6. The second kappa shape index (κ2) is 7.57. The number of rotatable bonds is 6. The average molecular weight is 348 g/mol. The van der Waals surface area contributed by atoms with Gasteiger partial charge in [0.05, 0.1) is 5.69 Å². The van der Waals surface area contributed by atoms with E-state index in [9.17, 15) is 0 Å². The maximum Gasteiger partial charge on any atom is 0.0508 e. The Kier molecular flexibility index (Phi) is 5.76. The minimum atomic E-state index is 0.187. The third-order valence-electron chi connectivity index (χ3n) is 3.47. The molecule has 0 radical (unpaired) electrons. The number of anilines is 1. The van der Waals surface area contributed by atoms with Crippen molar-refractivity contribution in [3.05, 3.63) is 58.3 Å². The zero-order valence-corrected chi connectivity index (χ0v) is 14.2. The summed E-state index contributed by atoms with van der Waals surface area (Å²) in [6.07, 6.45) is 5.59. The molecule has 21 heavy (non-hydrogen) atoms. The molecule has 0 aliphatic carbocycles. The lowest BCUT2D eigenvalue weighted by Gasteiger charge is -2.21. The first-order valence-corrected chi connectivity index (χ1v) is 7.99. The molecule has 1 heterocycles. The lowest BCUT2D eigenvalue weighted by Crippen LogP contribution is -2.21. The van der Waals surface area contributed by atoms with Crippen molar-refractivity contribution in [1.82, 2.24) is 4.98 Å². The molecule has 0 amide bonds. The third kappa shape index (κ3) is 4.83. The van der Waals surface area contributed by atoms with E-state index >= 15 is 0 Å². The monoisotopic (exact) mass is 347 g/mol. The number of benzene rings is 1. The molecule has 3 nitrogen and oxygen atoms in total. The summed E-state index contributed by atoms with van der Waals surface area (Å²) in [7, 11) is 2.12. The maximum absolute atomic E-state index is 5.85. The molecule has 0 saturated carbocycles. The van der Waals surface area contributed by atoms with E-state index in [1.807, 2.05) is 19.3 Å². The summed E-state index contributed by atoms with van der Waals surface area (Å²) in [6.45, 7) is 3.00. The molecule has 112 valence electrons. The van der Waals surface area contributed by atoms with E-state index < -0.39 is 0 Å². The Morgan fingerprint density at radius 2 is 1.90 bits per heavy atom. The van der Waals surface area contributed by atoms with Gasteiger partial charge in [-0.1, -0.05) is 6.07 Å². The second-order valence-electron chi connectivity index (χ2n) is 5.49. The number of halogens is 1. The highest BCUT2D eigenvalue weighted by atomic mass is 79.9. The van der Waals surface area contributed by atoms with E-state index in [0.717, 1.165) is 23.9 Å². The molecule has 2 aromatic rings. The van der Waals surface area contributed by atoms with E-state index in [0.29, 0.717) is 0 Å². The predicted molar refractivity (Wildman–Crippen MR) is 92.7 cm³/mol. The lowest BCUT2D eigenvalue weighted by molar-refractivity contribution is 0.737. The Morgan fingerprint density at radius 1 is 1.19 bits per heavy atom. The van der Waals surface area contributed by atoms with Crippen LogP contribution in [0.2, 0.25) is 0 Å². The van der Waals surface area contributed by atoms with Crippen molar-refractivity contribution in [2.75, 3.05) is 18.5 Å². The molecular formula is C17H22BrN3. The molecule has 1 unspecified atom stereocenters. The van der Waals surface area contributed by atoms with Gasteiger partial charge in [-0.05, 0) is 71.1 Å². The van der Waals surface area contributed by atoms with Gasteiger partial charge in [-0.2, -0.15) is 0 Å². The Bertz CT molecular complexity index is 570. The van der Waals surface area contributed by atoms with Crippen molar-refractivity contribution < 1.29 is 0 Å². The van der Waals surface area contributed by atoms with Gasteiger partial charge in [0, 0.05) is 36.5 Å². The Labute approximate surface area is 135 Å². The standard InChI is InChI=1S/C17H22BrN3/c1-13(19)11-15-3-4-17(16(18)12-15)21(2)10-7-14-5-8-20-9-6-14/h3-6,8-9,12-13H,7,10-11,19H2,1-2H3. The van der Waals surface area contributed by atoms with Crippen LogP contribution in [0.1, 0.15) is 18.1 Å². The Balaban J connectivity index is 2.00. The lowest BCUT2D eigenvalue weighted by atomic mass is 10.1. The van der Waals surface area contributed by atoms with Crippen molar-refractivity contribution in [3.63, 3.8) is 0 Å². The van der Waals surface area contributed by atoms with Gasteiger partial charge in [-0.3, -0.25) is 4.98 Å². The summed E-state index contributed by atoms with van der Waals surface area (Å²) in [5.74, 6) is 0. The maximum atomic E-state index is 5.85. The van der Waals surface area contributed by atoms with Crippen molar-refractivity contribution in [1.29, 1.82) is 0 Å². The number of hydrogen-bond donors (Lipinski definition) is 1. The third-order valence-corrected chi connectivity index (χ3v) is 4.10. The van der Waals surface area contributed by atoms with Crippen LogP contribution < -0.4 is 10.6 Å². The molecule has 0 spiro atoms. The minimum Gasteiger partial charge on any atom is -0.373 e. The second-order valence-corrected chi connectivity index (χ2v) is 6.35. The molecule has 0 aliphatic heterocycles. The summed E-state index contributed by atoms with van der Waals surface area (Å²) in [6, 6.07) is 10.8. The van der Waals surface area contributed by atoms with E-state index in [1.165, 1.54) is 16.8 Å². The molecule has 2 N–H and O–H groups in total. The zero-order chi connectivity index (χ0) is 15.2. The normalized spacial score (nSPS) is 12.2. The smallest absolute Gasteiger partial charge is 0.0508 e. The first kappa shape index (κ1) is 16.0. The van der Waals surface area contributed by atoms with Crippen LogP contribution in [0.4, 0.5) is 5.69 Å². The average Bonchev–Trinajstić information content (AvgIpc) is 2.45. The number of pyridine rings is 1. The van der Waals surface area contributed by atoms with Crippen LogP contribution in [-0.4, -0.2) is 24.6 Å². The first-order valence-electron chi connectivity index (χ1n) is 7.20. The predicted octanol–water partition coefficient (Wildman–Crippen LogP) is 3.41. The summed E-state index contributed by atoms with van der Waals surface area (Å²) in [5, 5.41) is 0. The van der Waals surface area contributed by atoms with Gasteiger partial charge in [0.15, 0.2) is 0 Å². The molecular weight excluding hydrogens is 326 g/mol. The van der Waals surface area contributed by atoms with Crippen molar-refractivity contribution in [2.45, 2.75) is 25.8 Å². The van der Waals surface area contributed by atoms with Crippen LogP contribution in [0, 0.1) is 0 Å². The van der Waals surface area contributed by atoms with Crippen molar-refractivity contribution in [3.8, 4) is 0 Å². The van der Waals surface area contributed by atoms with Crippen molar-refractivity contribution in [2.24, 2.45) is 5.73 Å². The molecule has 1 atom stereocenters. The number of likely N-dealkylation sites (N-methyl/N-ethyl adjacent to an activating group) is 1. The summed E-state index contributed by atoms with van der Waals surface area (Å²) in [5.41, 5.74) is 9.63. The fourth-order valence-corrected chi connectivity index (χ4v) is 3.05. The van der Waals surface area contributed by atoms with Crippen LogP contribution in [0.15, 0.2) is 47.2 Å². The number of nitrogens with zero attached hydrogens (tertiary/aromatic N) is 2. The van der Waals surface area contributed by atoms with Gasteiger partial charge in [-0.25, -0.2) is 0 Å². The van der Waals surface area contributed by atoms with Gasteiger partial charge in [0.25, 0.3) is 0 Å². The van der Waals surface area contributed by atoms with Crippen molar-refractivity contribution >= 4 is 21.6 Å². The number of hydrogen-bond acceptors (Lipinski definition) is 3.